The van der Waals surface area contributed by atoms with Crippen LogP contribution in [0.25, 0.3) is 0 Å². The molecule has 0 aliphatic rings. The van der Waals surface area contributed by atoms with Crippen molar-refractivity contribution in [3.8, 4) is 0 Å². The van der Waals surface area contributed by atoms with Crippen LogP contribution in [0.15, 0.2) is 152 Å². The predicted octanol–water partition coefficient (Wildman–Crippen LogP) is 8.30. The molecule has 0 fully saturated rings. The molecule has 0 saturated carbocycles. The summed E-state index contributed by atoms with van der Waals surface area (Å²) >= 11 is 0. The molecule has 0 aromatic heterocycles. The first-order valence-electron chi connectivity index (χ1n) is 14.5. The molecule has 2 nitrogen and oxygen atoms in total. The van der Waals surface area contributed by atoms with Gasteiger partial charge in [-0.1, -0.05) is 159 Å². The number of nitrogens with one attached hydrogen (secondary N) is 1. The summed E-state index contributed by atoms with van der Waals surface area (Å²) < 4.78 is 0. The van der Waals surface area contributed by atoms with Crippen molar-refractivity contribution < 1.29 is 0 Å². The van der Waals surface area contributed by atoms with Gasteiger partial charge in [-0.25, -0.2) is 0 Å². The van der Waals surface area contributed by atoms with Crippen molar-refractivity contribution in [3.05, 3.63) is 179 Å². The second-order valence-electron chi connectivity index (χ2n) is 10.8. The Morgan fingerprint density at radius 2 is 0.875 bits per heavy atom. The lowest BCUT2D eigenvalue weighted by atomic mass is 9.76. The summed E-state index contributed by atoms with van der Waals surface area (Å²) in [5.41, 5.74) is 6.07. The normalized spacial score (nSPS) is 12.3. The third-order valence-corrected chi connectivity index (χ3v) is 7.77. The molecule has 2 heteroatoms. The highest BCUT2D eigenvalue weighted by Crippen LogP contribution is 2.37. The van der Waals surface area contributed by atoms with Crippen LogP contribution in [0.2, 0.25) is 0 Å². The summed E-state index contributed by atoms with van der Waals surface area (Å²) in [4.78, 5) is 2.58. The fourth-order valence-electron chi connectivity index (χ4n) is 5.60. The van der Waals surface area contributed by atoms with Crippen LogP contribution in [-0.4, -0.2) is 18.0 Å². The van der Waals surface area contributed by atoms with Crippen molar-refractivity contribution in [2.24, 2.45) is 5.92 Å². The Morgan fingerprint density at radius 3 is 1.25 bits per heavy atom. The fraction of sp³-hybridized carbons (Fsp3) is 0.211. The third-order valence-electron chi connectivity index (χ3n) is 7.77. The lowest BCUT2D eigenvalue weighted by Crippen LogP contribution is -2.46. The Morgan fingerprint density at radius 1 is 0.525 bits per heavy atom. The van der Waals surface area contributed by atoms with Gasteiger partial charge in [0.15, 0.2) is 0 Å². The molecule has 5 aromatic rings. The van der Waals surface area contributed by atoms with E-state index in [9.17, 15) is 0 Å². The zero-order valence-electron chi connectivity index (χ0n) is 23.5. The number of hydrogen-bond acceptors (Lipinski definition) is 2. The van der Waals surface area contributed by atoms with Crippen molar-refractivity contribution in [1.82, 2.24) is 10.2 Å². The molecule has 5 aromatic carbocycles. The zero-order valence-corrected chi connectivity index (χ0v) is 23.5. The van der Waals surface area contributed by atoms with Gasteiger partial charge in [0, 0.05) is 13.1 Å². The minimum atomic E-state index is -0.425. The number of nitrogens with zero attached hydrogens (tertiary/aromatic N) is 1. The molecule has 0 radical (unpaired) electrons. The highest BCUT2D eigenvalue weighted by Gasteiger charge is 2.36. The van der Waals surface area contributed by atoms with Crippen molar-refractivity contribution >= 4 is 0 Å². The molecule has 202 valence electrons. The lowest BCUT2D eigenvalue weighted by Gasteiger charge is -2.38. The van der Waals surface area contributed by atoms with E-state index in [1.807, 2.05) is 0 Å². The summed E-state index contributed by atoms with van der Waals surface area (Å²) in [5, 5.41) is 4.09. The minimum Gasteiger partial charge on any atom is -0.300 e. The average Bonchev–Trinajstić information content (AvgIpc) is 3.03. The highest BCUT2D eigenvalue weighted by atomic mass is 15.1. The van der Waals surface area contributed by atoms with Gasteiger partial charge in [-0.3, -0.25) is 10.2 Å². The van der Waals surface area contributed by atoms with Gasteiger partial charge in [0.05, 0.1) is 5.54 Å². The molecule has 0 spiro atoms. The Balaban J connectivity index is 1.35. The van der Waals surface area contributed by atoms with Gasteiger partial charge in [0.1, 0.15) is 0 Å². The second kappa shape index (κ2) is 13.9. The average molecular weight is 525 g/mol. The monoisotopic (exact) mass is 524 g/mol. The van der Waals surface area contributed by atoms with Gasteiger partial charge in [-0.2, -0.15) is 0 Å². The van der Waals surface area contributed by atoms with Crippen molar-refractivity contribution in [2.75, 3.05) is 13.1 Å². The van der Waals surface area contributed by atoms with Gasteiger partial charge in [-0.05, 0) is 53.2 Å². The molecule has 0 bridgehead atoms. The maximum absolute atomic E-state index is 4.09. The van der Waals surface area contributed by atoms with E-state index < -0.39 is 5.54 Å². The summed E-state index contributed by atoms with van der Waals surface area (Å²) in [7, 11) is 0. The van der Waals surface area contributed by atoms with Gasteiger partial charge >= 0.3 is 0 Å². The largest absolute Gasteiger partial charge is 0.300 e. The van der Waals surface area contributed by atoms with E-state index >= 15 is 0 Å². The van der Waals surface area contributed by atoms with Gasteiger partial charge in [-0.15, -0.1) is 0 Å². The van der Waals surface area contributed by atoms with Crippen LogP contribution in [0.5, 0.6) is 0 Å². The SMILES string of the molecule is C[C@H](CCN(Cc1ccccc1)Cc1ccccc1)CNC(c1ccccc1)(c1ccccc1)c1ccccc1. The summed E-state index contributed by atoms with van der Waals surface area (Å²) in [6.45, 7) is 6.24. The fourth-order valence-corrected chi connectivity index (χ4v) is 5.60. The van der Waals surface area contributed by atoms with E-state index in [1.165, 1.54) is 27.8 Å². The molecule has 0 aliphatic heterocycles. The number of rotatable bonds is 13. The second-order valence-corrected chi connectivity index (χ2v) is 10.8. The minimum absolute atomic E-state index is 0.425. The Hall–Kier alpha value is -3.98. The molecule has 1 N–H and O–H groups in total. The Kier molecular flexibility index (Phi) is 9.58. The van der Waals surface area contributed by atoms with Crippen molar-refractivity contribution in [3.63, 3.8) is 0 Å². The molecule has 0 saturated heterocycles. The van der Waals surface area contributed by atoms with Crippen molar-refractivity contribution in [1.29, 1.82) is 0 Å². The molecule has 0 unspecified atom stereocenters. The molecular weight excluding hydrogens is 484 g/mol. The third kappa shape index (κ3) is 6.96. The van der Waals surface area contributed by atoms with E-state index in [1.54, 1.807) is 0 Å². The standard InChI is InChI=1S/C38H40N2/c1-32(27-28-40(30-33-17-7-2-8-18-33)31-34-19-9-3-10-20-34)29-39-38(35-21-11-4-12-22-35,36-23-13-5-14-24-36)37-25-15-6-16-26-37/h2-26,32,39H,27-31H2,1H3/t32-/m1/s1. The molecule has 40 heavy (non-hydrogen) atoms. The highest BCUT2D eigenvalue weighted by molar-refractivity contribution is 5.49. The van der Waals surface area contributed by atoms with E-state index in [0.29, 0.717) is 5.92 Å². The lowest BCUT2D eigenvalue weighted by molar-refractivity contribution is 0.234. The molecular formula is C38H40N2. The topological polar surface area (TPSA) is 15.3 Å². The van der Waals surface area contributed by atoms with Crippen LogP contribution in [0.3, 0.4) is 0 Å². The smallest absolute Gasteiger partial charge is 0.0948 e. The van der Waals surface area contributed by atoms with Crippen molar-refractivity contribution in [2.45, 2.75) is 32.0 Å². The van der Waals surface area contributed by atoms with E-state index in [4.69, 9.17) is 0 Å². The van der Waals surface area contributed by atoms with E-state index in [2.05, 4.69) is 169 Å². The van der Waals surface area contributed by atoms with Gasteiger partial charge < -0.3 is 0 Å². The van der Waals surface area contributed by atoms with Crippen LogP contribution < -0.4 is 5.32 Å². The van der Waals surface area contributed by atoms with Gasteiger partial charge in [0.2, 0.25) is 0 Å². The molecule has 1 atom stereocenters. The number of hydrogen-bond donors (Lipinski definition) is 1. The molecule has 0 aliphatic carbocycles. The van der Waals surface area contributed by atoms with Crippen LogP contribution in [0.4, 0.5) is 0 Å². The van der Waals surface area contributed by atoms with Crippen LogP contribution in [0, 0.1) is 5.92 Å². The Labute approximate surface area is 240 Å². The van der Waals surface area contributed by atoms with Crippen LogP contribution in [0.1, 0.15) is 41.2 Å². The quantitative estimate of drug-likeness (QED) is 0.156. The first-order valence-corrected chi connectivity index (χ1v) is 14.5. The van der Waals surface area contributed by atoms with E-state index in [-0.39, 0.29) is 0 Å². The molecule has 5 rings (SSSR count). The van der Waals surface area contributed by atoms with Crippen LogP contribution >= 0.6 is 0 Å². The molecule has 0 amide bonds. The first-order chi connectivity index (χ1) is 19.7. The van der Waals surface area contributed by atoms with E-state index in [0.717, 1.165) is 32.6 Å². The maximum atomic E-state index is 4.09. The number of benzene rings is 5. The summed E-state index contributed by atoms with van der Waals surface area (Å²) in [6, 6.07) is 54.3. The predicted molar refractivity (Wildman–Crippen MR) is 168 cm³/mol. The summed E-state index contributed by atoms with van der Waals surface area (Å²) in [6.07, 6.45) is 1.11. The Bertz CT molecular complexity index is 1250. The molecule has 0 heterocycles. The maximum Gasteiger partial charge on any atom is 0.0948 e. The summed E-state index contributed by atoms with van der Waals surface area (Å²) in [5.74, 6) is 0.490. The zero-order chi connectivity index (χ0) is 27.5. The first kappa shape index (κ1) is 27.6. The van der Waals surface area contributed by atoms with Crippen LogP contribution in [-0.2, 0) is 18.6 Å². The van der Waals surface area contributed by atoms with Gasteiger partial charge in [0.25, 0.3) is 0 Å².